The molecule has 4 saturated carbocycles. The van der Waals surface area contributed by atoms with Gasteiger partial charge in [0.1, 0.15) is 0 Å². The van der Waals surface area contributed by atoms with Gasteiger partial charge in [0.2, 0.25) is 0 Å². The number of hydrogen-bond donors (Lipinski definition) is 1. The zero-order valence-corrected chi connectivity index (χ0v) is 14.5. The van der Waals surface area contributed by atoms with Crippen molar-refractivity contribution in [3.05, 3.63) is 0 Å². The summed E-state index contributed by atoms with van der Waals surface area (Å²) in [5.41, 5.74) is 1.90. The number of hydrogen-bond acceptors (Lipinski definition) is 1. The summed E-state index contributed by atoms with van der Waals surface area (Å²) in [6, 6.07) is 1.59. The monoisotopic (exact) mass is 289 g/mol. The Morgan fingerprint density at radius 3 is 2.05 bits per heavy atom. The Kier molecular flexibility index (Phi) is 3.27. The van der Waals surface area contributed by atoms with Gasteiger partial charge in [0.05, 0.1) is 0 Å². The van der Waals surface area contributed by atoms with Crippen molar-refractivity contribution < 1.29 is 0 Å². The predicted octanol–water partition coefficient (Wildman–Crippen LogP) is 5.29. The third kappa shape index (κ3) is 2.21. The molecule has 3 unspecified atom stereocenters. The molecule has 0 aromatic carbocycles. The van der Waals surface area contributed by atoms with E-state index < -0.39 is 0 Å². The van der Waals surface area contributed by atoms with Crippen molar-refractivity contribution in [2.75, 3.05) is 0 Å². The van der Waals surface area contributed by atoms with Crippen LogP contribution in [0.25, 0.3) is 0 Å². The summed E-state index contributed by atoms with van der Waals surface area (Å²) in [6.07, 6.45) is 16.4. The van der Waals surface area contributed by atoms with Gasteiger partial charge in [-0.1, -0.05) is 33.6 Å². The molecule has 4 fully saturated rings. The van der Waals surface area contributed by atoms with Crippen molar-refractivity contribution in [1.82, 2.24) is 5.32 Å². The molecule has 3 atom stereocenters. The molecule has 1 nitrogen and oxygen atoms in total. The maximum Gasteiger partial charge on any atom is 0.0177 e. The van der Waals surface area contributed by atoms with Crippen LogP contribution in [-0.2, 0) is 0 Å². The quantitative estimate of drug-likeness (QED) is 0.728. The minimum Gasteiger partial charge on any atom is -0.310 e. The van der Waals surface area contributed by atoms with Crippen LogP contribution in [0.1, 0.15) is 91.4 Å². The minimum atomic E-state index is 0.523. The van der Waals surface area contributed by atoms with Gasteiger partial charge in [0.25, 0.3) is 0 Å². The smallest absolute Gasteiger partial charge is 0.0177 e. The fourth-order valence-electron chi connectivity index (χ4n) is 6.98. The molecule has 0 aromatic rings. The molecular formula is C20H35N. The summed E-state index contributed by atoms with van der Waals surface area (Å²) in [5.74, 6) is 0.977. The first kappa shape index (κ1) is 14.5. The SMILES string of the molecule is CC12CCC(C1)C(C)(C)C2NC1CCC2(CCCC2)CC1. The molecule has 0 amide bonds. The second-order valence-corrected chi connectivity index (χ2v) is 10.00. The minimum absolute atomic E-state index is 0.523. The fourth-order valence-corrected chi connectivity index (χ4v) is 6.98. The highest BCUT2D eigenvalue weighted by Gasteiger charge is 2.59. The van der Waals surface area contributed by atoms with Crippen LogP contribution in [0.5, 0.6) is 0 Å². The van der Waals surface area contributed by atoms with Crippen LogP contribution in [-0.4, -0.2) is 12.1 Å². The zero-order valence-electron chi connectivity index (χ0n) is 14.5. The summed E-state index contributed by atoms with van der Waals surface area (Å²) in [5, 5.41) is 4.19. The highest BCUT2D eigenvalue weighted by atomic mass is 15.0. The van der Waals surface area contributed by atoms with E-state index in [2.05, 4.69) is 26.1 Å². The van der Waals surface area contributed by atoms with E-state index in [0.717, 1.165) is 23.4 Å². The Hall–Kier alpha value is -0.0400. The van der Waals surface area contributed by atoms with Gasteiger partial charge in [-0.2, -0.15) is 0 Å². The van der Waals surface area contributed by atoms with Crippen LogP contribution in [0.2, 0.25) is 0 Å². The highest BCUT2D eigenvalue weighted by molar-refractivity contribution is 5.12. The third-order valence-corrected chi connectivity index (χ3v) is 8.38. The van der Waals surface area contributed by atoms with Crippen molar-refractivity contribution in [3.63, 3.8) is 0 Å². The molecule has 1 spiro atoms. The van der Waals surface area contributed by atoms with E-state index in [1.807, 2.05) is 0 Å². The van der Waals surface area contributed by atoms with E-state index in [9.17, 15) is 0 Å². The lowest BCUT2D eigenvalue weighted by Crippen LogP contribution is -2.54. The topological polar surface area (TPSA) is 12.0 Å². The molecule has 4 rings (SSSR count). The van der Waals surface area contributed by atoms with E-state index in [1.165, 1.54) is 70.6 Å². The first-order chi connectivity index (χ1) is 9.94. The summed E-state index contributed by atoms with van der Waals surface area (Å²) >= 11 is 0. The van der Waals surface area contributed by atoms with Gasteiger partial charge in [0, 0.05) is 12.1 Å². The van der Waals surface area contributed by atoms with Crippen molar-refractivity contribution in [2.45, 2.75) is 103 Å². The van der Waals surface area contributed by atoms with Gasteiger partial charge in [-0.05, 0) is 80.0 Å². The Bertz CT molecular complexity index is 391. The van der Waals surface area contributed by atoms with E-state index in [1.54, 1.807) is 0 Å². The molecule has 1 heteroatoms. The van der Waals surface area contributed by atoms with Crippen LogP contribution in [0.15, 0.2) is 0 Å². The maximum absolute atomic E-state index is 4.19. The molecule has 2 bridgehead atoms. The zero-order chi connectivity index (χ0) is 14.7. The van der Waals surface area contributed by atoms with E-state index in [0.29, 0.717) is 10.8 Å². The van der Waals surface area contributed by atoms with Crippen LogP contribution < -0.4 is 5.32 Å². The standard InChI is InChI=1S/C20H35N/c1-18(2)15-6-11-19(3,14-15)17(18)21-16-7-12-20(13-8-16)9-4-5-10-20/h15-17,21H,4-14H2,1-3H3. The average Bonchev–Trinajstić information content (AvgIpc) is 3.09. The van der Waals surface area contributed by atoms with Gasteiger partial charge in [-0.15, -0.1) is 0 Å². The Balaban J connectivity index is 1.41. The Morgan fingerprint density at radius 2 is 1.48 bits per heavy atom. The van der Waals surface area contributed by atoms with Crippen molar-refractivity contribution >= 4 is 0 Å². The number of rotatable bonds is 2. The van der Waals surface area contributed by atoms with Crippen LogP contribution in [0, 0.1) is 22.2 Å². The summed E-state index contributed by atoms with van der Waals surface area (Å²) in [4.78, 5) is 0. The average molecular weight is 290 g/mol. The number of nitrogens with one attached hydrogen (secondary N) is 1. The third-order valence-electron chi connectivity index (χ3n) is 8.38. The predicted molar refractivity (Wildman–Crippen MR) is 89.3 cm³/mol. The molecule has 0 saturated heterocycles. The van der Waals surface area contributed by atoms with E-state index >= 15 is 0 Å². The van der Waals surface area contributed by atoms with Crippen molar-refractivity contribution in [2.24, 2.45) is 22.2 Å². The molecule has 120 valence electrons. The first-order valence-electron chi connectivity index (χ1n) is 9.70. The van der Waals surface area contributed by atoms with Crippen LogP contribution in [0.3, 0.4) is 0 Å². The van der Waals surface area contributed by atoms with Gasteiger partial charge in [0.15, 0.2) is 0 Å². The Morgan fingerprint density at radius 1 is 0.810 bits per heavy atom. The molecular weight excluding hydrogens is 254 g/mol. The van der Waals surface area contributed by atoms with Crippen LogP contribution in [0.4, 0.5) is 0 Å². The molecule has 0 heterocycles. The lowest BCUT2D eigenvalue weighted by Gasteiger charge is -2.47. The maximum atomic E-state index is 4.19. The summed E-state index contributed by atoms with van der Waals surface area (Å²) in [7, 11) is 0. The largest absolute Gasteiger partial charge is 0.310 e. The molecule has 4 aliphatic rings. The number of fused-ring (bicyclic) bond motifs is 2. The lowest BCUT2D eigenvalue weighted by molar-refractivity contribution is 0.0781. The van der Waals surface area contributed by atoms with Crippen molar-refractivity contribution in [3.8, 4) is 0 Å². The van der Waals surface area contributed by atoms with E-state index in [-0.39, 0.29) is 0 Å². The van der Waals surface area contributed by atoms with Gasteiger partial charge < -0.3 is 5.32 Å². The fraction of sp³-hybridized carbons (Fsp3) is 1.00. The first-order valence-corrected chi connectivity index (χ1v) is 9.70. The van der Waals surface area contributed by atoms with Crippen molar-refractivity contribution in [1.29, 1.82) is 0 Å². The van der Waals surface area contributed by atoms with Gasteiger partial charge >= 0.3 is 0 Å². The lowest BCUT2D eigenvalue weighted by atomic mass is 9.67. The molecule has 21 heavy (non-hydrogen) atoms. The summed E-state index contributed by atoms with van der Waals surface area (Å²) < 4.78 is 0. The van der Waals surface area contributed by atoms with Gasteiger partial charge in [-0.25, -0.2) is 0 Å². The molecule has 0 aliphatic heterocycles. The second-order valence-electron chi connectivity index (χ2n) is 10.00. The Labute approximate surface area is 131 Å². The normalized spacial score (nSPS) is 44.7. The molecule has 1 N–H and O–H groups in total. The van der Waals surface area contributed by atoms with E-state index in [4.69, 9.17) is 0 Å². The molecule has 4 aliphatic carbocycles. The molecule has 0 aromatic heterocycles. The summed E-state index contributed by atoms with van der Waals surface area (Å²) in [6.45, 7) is 7.66. The van der Waals surface area contributed by atoms with Gasteiger partial charge in [-0.3, -0.25) is 0 Å². The second kappa shape index (κ2) is 4.73. The highest BCUT2D eigenvalue weighted by Crippen LogP contribution is 2.62. The molecule has 0 radical (unpaired) electrons. The van der Waals surface area contributed by atoms with Crippen LogP contribution >= 0.6 is 0 Å².